The SMILES string of the molecule is CC(C)CNCC1(CN2CCC(O)CC2)CCC(C)CC1. The molecule has 1 aliphatic heterocycles. The van der Waals surface area contributed by atoms with Gasteiger partial charge in [0.05, 0.1) is 6.10 Å². The Morgan fingerprint density at radius 1 is 1.14 bits per heavy atom. The lowest BCUT2D eigenvalue weighted by atomic mass is 9.70. The van der Waals surface area contributed by atoms with Crippen molar-refractivity contribution in [3.63, 3.8) is 0 Å². The summed E-state index contributed by atoms with van der Waals surface area (Å²) < 4.78 is 0. The Balaban J connectivity index is 1.88. The first kappa shape index (κ1) is 17.2. The molecule has 1 aliphatic carbocycles. The van der Waals surface area contributed by atoms with Gasteiger partial charge in [0.1, 0.15) is 0 Å². The van der Waals surface area contributed by atoms with Crippen molar-refractivity contribution >= 4 is 0 Å². The van der Waals surface area contributed by atoms with Crippen LogP contribution in [0.3, 0.4) is 0 Å². The van der Waals surface area contributed by atoms with Gasteiger partial charge in [0.25, 0.3) is 0 Å². The summed E-state index contributed by atoms with van der Waals surface area (Å²) in [6.07, 6.45) is 7.40. The smallest absolute Gasteiger partial charge is 0.0564 e. The lowest BCUT2D eigenvalue weighted by Gasteiger charge is -2.44. The maximum absolute atomic E-state index is 9.70. The average Bonchev–Trinajstić information content (AvgIpc) is 2.44. The first-order chi connectivity index (χ1) is 9.99. The van der Waals surface area contributed by atoms with E-state index in [2.05, 4.69) is 31.0 Å². The number of nitrogens with one attached hydrogen (secondary N) is 1. The Bertz CT molecular complexity index is 290. The van der Waals surface area contributed by atoms with Crippen molar-refractivity contribution in [3.05, 3.63) is 0 Å². The molecule has 0 spiro atoms. The van der Waals surface area contributed by atoms with Crippen molar-refractivity contribution in [2.24, 2.45) is 17.3 Å². The van der Waals surface area contributed by atoms with Gasteiger partial charge < -0.3 is 15.3 Å². The maximum Gasteiger partial charge on any atom is 0.0564 e. The molecule has 3 nitrogen and oxygen atoms in total. The second kappa shape index (κ2) is 7.94. The van der Waals surface area contributed by atoms with E-state index in [1.165, 1.54) is 38.8 Å². The molecule has 21 heavy (non-hydrogen) atoms. The minimum atomic E-state index is -0.0531. The van der Waals surface area contributed by atoms with E-state index >= 15 is 0 Å². The number of rotatable bonds is 6. The van der Waals surface area contributed by atoms with Crippen molar-refractivity contribution in [1.82, 2.24) is 10.2 Å². The van der Waals surface area contributed by atoms with Crippen molar-refractivity contribution in [1.29, 1.82) is 0 Å². The summed E-state index contributed by atoms with van der Waals surface area (Å²) in [5.41, 5.74) is 0.476. The zero-order valence-corrected chi connectivity index (χ0v) is 14.4. The fourth-order valence-corrected chi connectivity index (χ4v) is 3.94. The van der Waals surface area contributed by atoms with Crippen molar-refractivity contribution < 1.29 is 5.11 Å². The molecule has 0 radical (unpaired) electrons. The topological polar surface area (TPSA) is 35.5 Å². The van der Waals surface area contributed by atoms with Crippen molar-refractivity contribution in [2.75, 3.05) is 32.7 Å². The summed E-state index contributed by atoms with van der Waals surface area (Å²) >= 11 is 0. The summed E-state index contributed by atoms with van der Waals surface area (Å²) in [5, 5.41) is 13.4. The van der Waals surface area contributed by atoms with Crippen LogP contribution in [0.15, 0.2) is 0 Å². The van der Waals surface area contributed by atoms with Gasteiger partial charge in [-0.25, -0.2) is 0 Å². The highest BCUT2D eigenvalue weighted by molar-refractivity contribution is 4.90. The summed E-state index contributed by atoms with van der Waals surface area (Å²) in [6, 6.07) is 0. The molecule has 0 aromatic carbocycles. The quantitative estimate of drug-likeness (QED) is 0.791. The highest BCUT2D eigenvalue weighted by atomic mass is 16.3. The molecule has 0 aromatic rings. The molecule has 2 N–H and O–H groups in total. The third-order valence-corrected chi connectivity index (χ3v) is 5.50. The predicted octanol–water partition coefficient (Wildman–Crippen LogP) is 2.89. The molecule has 0 aromatic heterocycles. The number of hydrogen-bond donors (Lipinski definition) is 2. The first-order valence-corrected chi connectivity index (χ1v) is 9.10. The van der Waals surface area contributed by atoms with Crippen LogP contribution in [0.4, 0.5) is 0 Å². The van der Waals surface area contributed by atoms with Gasteiger partial charge in [0, 0.05) is 26.2 Å². The van der Waals surface area contributed by atoms with Gasteiger partial charge in [-0.3, -0.25) is 0 Å². The molecule has 2 fully saturated rings. The molecule has 0 bridgehead atoms. The molecule has 1 saturated carbocycles. The largest absolute Gasteiger partial charge is 0.393 e. The highest BCUT2D eigenvalue weighted by Gasteiger charge is 2.36. The van der Waals surface area contributed by atoms with Crippen LogP contribution in [0.2, 0.25) is 0 Å². The zero-order valence-electron chi connectivity index (χ0n) is 14.4. The fourth-order valence-electron chi connectivity index (χ4n) is 3.94. The van der Waals surface area contributed by atoms with Crippen LogP contribution < -0.4 is 5.32 Å². The molecule has 0 unspecified atom stereocenters. The van der Waals surface area contributed by atoms with Gasteiger partial charge >= 0.3 is 0 Å². The van der Waals surface area contributed by atoms with E-state index in [9.17, 15) is 5.11 Å². The lowest BCUT2D eigenvalue weighted by Crippen LogP contribution is -2.49. The minimum absolute atomic E-state index is 0.0531. The molecule has 124 valence electrons. The molecule has 1 heterocycles. The van der Waals surface area contributed by atoms with E-state index in [0.29, 0.717) is 5.41 Å². The van der Waals surface area contributed by atoms with E-state index in [0.717, 1.165) is 44.3 Å². The van der Waals surface area contributed by atoms with Crippen LogP contribution in [0.5, 0.6) is 0 Å². The van der Waals surface area contributed by atoms with E-state index < -0.39 is 0 Å². The van der Waals surface area contributed by atoms with Crippen LogP contribution in [0, 0.1) is 17.3 Å². The third kappa shape index (κ3) is 5.54. The maximum atomic E-state index is 9.70. The number of aliphatic hydroxyl groups excluding tert-OH is 1. The summed E-state index contributed by atoms with van der Waals surface area (Å²) in [5.74, 6) is 1.64. The number of nitrogens with zero attached hydrogens (tertiary/aromatic N) is 1. The summed E-state index contributed by atoms with van der Waals surface area (Å²) in [4.78, 5) is 2.61. The second-order valence-electron chi connectivity index (χ2n) is 8.21. The van der Waals surface area contributed by atoms with Crippen LogP contribution in [-0.4, -0.2) is 48.8 Å². The molecule has 2 rings (SSSR count). The number of aliphatic hydroxyl groups is 1. The van der Waals surface area contributed by atoms with Gasteiger partial charge in [0.2, 0.25) is 0 Å². The second-order valence-corrected chi connectivity index (χ2v) is 8.21. The standard InChI is InChI=1S/C18H36N2O/c1-15(2)12-19-13-18(8-4-16(3)5-9-18)14-20-10-6-17(21)7-11-20/h15-17,19,21H,4-14H2,1-3H3. The molecule has 1 saturated heterocycles. The Morgan fingerprint density at radius 2 is 1.76 bits per heavy atom. The van der Waals surface area contributed by atoms with Gasteiger partial charge in [-0.05, 0) is 49.5 Å². The van der Waals surface area contributed by atoms with Gasteiger partial charge in [-0.15, -0.1) is 0 Å². The Hall–Kier alpha value is -0.120. The van der Waals surface area contributed by atoms with Crippen molar-refractivity contribution in [2.45, 2.75) is 65.4 Å². The van der Waals surface area contributed by atoms with Gasteiger partial charge in [0.15, 0.2) is 0 Å². The molecule has 0 atom stereocenters. The fraction of sp³-hybridized carbons (Fsp3) is 1.00. The Kier molecular flexibility index (Phi) is 6.51. The number of likely N-dealkylation sites (tertiary alicyclic amines) is 1. The number of hydrogen-bond acceptors (Lipinski definition) is 3. The molecular formula is C18H36N2O. The van der Waals surface area contributed by atoms with E-state index in [4.69, 9.17) is 0 Å². The Morgan fingerprint density at radius 3 is 2.33 bits per heavy atom. The first-order valence-electron chi connectivity index (χ1n) is 9.10. The normalized spacial score (nSPS) is 32.7. The Labute approximate surface area is 131 Å². The molecule has 0 amide bonds. The van der Waals surface area contributed by atoms with Crippen molar-refractivity contribution in [3.8, 4) is 0 Å². The predicted molar refractivity (Wildman–Crippen MR) is 89.5 cm³/mol. The van der Waals surface area contributed by atoms with Crippen LogP contribution in [0.1, 0.15) is 59.3 Å². The van der Waals surface area contributed by atoms with E-state index in [-0.39, 0.29) is 6.10 Å². The summed E-state index contributed by atoms with van der Waals surface area (Å²) in [6.45, 7) is 12.7. The summed E-state index contributed by atoms with van der Waals surface area (Å²) in [7, 11) is 0. The number of piperidine rings is 1. The molecule has 3 heteroatoms. The van der Waals surface area contributed by atoms with Gasteiger partial charge in [-0.1, -0.05) is 33.6 Å². The monoisotopic (exact) mass is 296 g/mol. The molecule has 2 aliphatic rings. The lowest BCUT2D eigenvalue weighted by molar-refractivity contribution is 0.0368. The third-order valence-electron chi connectivity index (χ3n) is 5.50. The van der Waals surface area contributed by atoms with E-state index in [1.807, 2.05) is 0 Å². The zero-order chi connectivity index (χ0) is 15.3. The molecular weight excluding hydrogens is 260 g/mol. The average molecular weight is 296 g/mol. The van der Waals surface area contributed by atoms with Crippen LogP contribution >= 0.6 is 0 Å². The van der Waals surface area contributed by atoms with Gasteiger partial charge in [-0.2, -0.15) is 0 Å². The minimum Gasteiger partial charge on any atom is -0.393 e. The highest BCUT2D eigenvalue weighted by Crippen LogP contribution is 2.39. The van der Waals surface area contributed by atoms with Crippen LogP contribution in [0.25, 0.3) is 0 Å². The van der Waals surface area contributed by atoms with Crippen LogP contribution in [-0.2, 0) is 0 Å². The van der Waals surface area contributed by atoms with E-state index in [1.54, 1.807) is 0 Å².